The van der Waals surface area contributed by atoms with Gasteiger partial charge in [0, 0.05) is 23.6 Å². The lowest BCUT2D eigenvalue weighted by Gasteiger charge is -2.12. The zero-order valence-electron chi connectivity index (χ0n) is 15.4. The molecule has 0 fully saturated rings. The smallest absolute Gasteiger partial charge is 0.257 e. The van der Waals surface area contributed by atoms with Crippen LogP contribution in [0.15, 0.2) is 78.0 Å². The number of pyridine rings is 1. The Hall–Kier alpha value is -3.47. The van der Waals surface area contributed by atoms with Crippen molar-refractivity contribution in [2.75, 3.05) is 5.32 Å². The molecule has 0 aliphatic rings. The number of hydrogen-bond acceptors (Lipinski definition) is 3. The average molecular weight is 358 g/mol. The molecule has 2 aromatic carbocycles. The van der Waals surface area contributed by atoms with Gasteiger partial charge in [0.25, 0.3) is 5.91 Å². The summed E-state index contributed by atoms with van der Waals surface area (Å²) in [6, 6.07) is 19.2. The molecule has 0 spiro atoms. The van der Waals surface area contributed by atoms with Crippen molar-refractivity contribution < 1.29 is 4.79 Å². The van der Waals surface area contributed by atoms with Crippen LogP contribution in [-0.2, 0) is 6.54 Å². The SMILES string of the molecule is Cc1cccc(NC(=NCc2cccnc2)NC(=O)c2cccc(C)c2)c1. The molecule has 0 aliphatic heterocycles. The van der Waals surface area contributed by atoms with E-state index in [1.807, 2.05) is 68.4 Å². The van der Waals surface area contributed by atoms with E-state index in [2.05, 4.69) is 20.6 Å². The molecule has 0 radical (unpaired) electrons. The molecule has 0 unspecified atom stereocenters. The molecule has 1 amide bonds. The van der Waals surface area contributed by atoms with E-state index in [4.69, 9.17) is 0 Å². The second kappa shape index (κ2) is 8.76. The second-order valence-corrected chi connectivity index (χ2v) is 6.34. The molecule has 1 heterocycles. The first-order chi connectivity index (χ1) is 13.1. The minimum absolute atomic E-state index is 0.205. The summed E-state index contributed by atoms with van der Waals surface area (Å²) in [5, 5.41) is 6.08. The molecule has 1 aromatic heterocycles. The van der Waals surface area contributed by atoms with Crippen LogP contribution in [0.5, 0.6) is 0 Å². The number of hydrogen-bond donors (Lipinski definition) is 2. The van der Waals surface area contributed by atoms with E-state index in [0.717, 1.165) is 22.4 Å². The molecule has 0 saturated carbocycles. The van der Waals surface area contributed by atoms with Crippen molar-refractivity contribution in [3.63, 3.8) is 0 Å². The zero-order chi connectivity index (χ0) is 19.1. The summed E-state index contributed by atoms with van der Waals surface area (Å²) in [5.74, 6) is 0.194. The molecular formula is C22H22N4O. The minimum Gasteiger partial charge on any atom is -0.326 e. The molecular weight excluding hydrogens is 336 g/mol. The standard InChI is InChI=1S/C22H22N4O/c1-16-6-3-9-19(12-16)21(27)26-22(24-15-18-8-5-11-23-14-18)25-20-10-4-7-17(2)13-20/h3-14H,15H2,1-2H3,(H2,24,25,26,27). The summed E-state index contributed by atoms with van der Waals surface area (Å²) in [6.45, 7) is 4.39. The van der Waals surface area contributed by atoms with Gasteiger partial charge < -0.3 is 5.32 Å². The van der Waals surface area contributed by atoms with E-state index in [0.29, 0.717) is 18.1 Å². The fourth-order valence-electron chi connectivity index (χ4n) is 2.60. The van der Waals surface area contributed by atoms with Crippen LogP contribution in [0, 0.1) is 13.8 Å². The average Bonchev–Trinajstić information content (AvgIpc) is 2.67. The highest BCUT2D eigenvalue weighted by Crippen LogP contribution is 2.10. The van der Waals surface area contributed by atoms with E-state index in [1.54, 1.807) is 18.5 Å². The predicted molar refractivity (Wildman–Crippen MR) is 109 cm³/mol. The topological polar surface area (TPSA) is 66.4 Å². The van der Waals surface area contributed by atoms with Gasteiger partial charge in [-0.1, -0.05) is 35.9 Å². The van der Waals surface area contributed by atoms with Crippen molar-refractivity contribution in [2.24, 2.45) is 4.99 Å². The second-order valence-electron chi connectivity index (χ2n) is 6.34. The summed E-state index contributed by atoms with van der Waals surface area (Å²) in [5.41, 5.74) is 4.57. The summed E-state index contributed by atoms with van der Waals surface area (Å²) in [7, 11) is 0. The van der Waals surface area contributed by atoms with Crippen molar-refractivity contribution in [1.82, 2.24) is 10.3 Å². The number of aryl methyl sites for hydroxylation is 2. The predicted octanol–water partition coefficient (Wildman–Crippen LogP) is 4.10. The molecule has 3 rings (SSSR count). The monoisotopic (exact) mass is 358 g/mol. The molecule has 0 saturated heterocycles. The van der Waals surface area contributed by atoms with E-state index in [-0.39, 0.29) is 5.91 Å². The van der Waals surface area contributed by atoms with Crippen LogP contribution in [0.25, 0.3) is 0 Å². The molecule has 5 heteroatoms. The van der Waals surface area contributed by atoms with E-state index >= 15 is 0 Å². The summed E-state index contributed by atoms with van der Waals surface area (Å²) < 4.78 is 0. The number of guanidine groups is 1. The number of nitrogens with zero attached hydrogens (tertiary/aromatic N) is 2. The molecule has 0 aliphatic carbocycles. The van der Waals surface area contributed by atoms with E-state index < -0.39 is 0 Å². The summed E-state index contributed by atoms with van der Waals surface area (Å²) in [4.78, 5) is 21.3. The Bertz CT molecular complexity index is 951. The third-order valence-corrected chi connectivity index (χ3v) is 3.94. The van der Waals surface area contributed by atoms with Crippen molar-refractivity contribution in [1.29, 1.82) is 0 Å². The van der Waals surface area contributed by atoms with Crippen molar-refractivity contribution in [3.8, 4) is 0 Å². The van der Waals surface area contributed by atoms with Gasteiger partial charge in [-0.05, 0) is 55.3 Å². The van der Waals surface area contributed by atoms with Crippen LogP contribution in [0.2, 0.25) is 0 Å². The van der Waals surface area contributed by atoms with Crippen molar-refractivity contribution in [2.45, 2.75) is 20.4 Å². The van der Waals surface area contributed by atoms with Gasteiger partial charge in [0.2, 0.25) is 5.96 Å². The van der Waals surface area contributed by atoms with Crippen LogP contribution >= 0.6 is 0 Å². The van der Waals surface area contributed by atoms with Crippen LogP contribution in [0.1, 0.15) is 27.0 Å². The quantitative estimate of drug-likeness (QED) is 0.545. The van der Waals surface area contributed by atoms with Gasteiger partial charge in [0.1, 0.15) is 0 Å². The molecule has 3 aromatic rings. The van der Waals surface area contributed by atoms with Crippen LogP contribution < -0.4 is 10.6 Å². The maximum absolute atomic E-state index is 12.6. The fraction of sp³-hybridized carbons (Fsp3) is 0.136. The Labute approximate surface area is 159 Å². The molecule has 0 bridgehead atoms. The van der Waals surface area contributed by atoms with Gasteiger partial charge in [-0.15, -0.1) is 0 Å². The highest BCUT2D eigenvalue weighted by molar-refractivity contribution is 6.10. The van der Waals surface area contributed by atoms with Gasteiger partial charge in [0.05, 0.1) is 6.54 Å². The van der Waals surface area contributed by atoms with E-state index in [9.17, 15) is 4.79 Å². The van der Waals surface area contributed by atoms with Gasteiger partial charge in [-0.3, -0.25) is 15.1 Å². The lowest BCUT2D eigenvalue weighted by molar-refractivity contribution is 0.0977. The summed E-state index contributed by atoms with van der Waals surface area (Å²) in [6.07, 6.45) is 3.48. The molecule has 136 valence electrons. The van der Waals surface area contributed by atoms with Gasteiger partial charge in [-0.2, -0.15) is 0 Å². The first-order valence-corrected chi connectivity index (χ1v) is 8.75. The number of benzene rings is 2. The maximum Gasteiger partial charge on any atom is 0.257 e. The van der Waals surface area contributed by atoms with Crippen molar-refractivity contribution >= 4 is 17.6 Å². The number of anilines is 1. The number of aliphatic imine (C=N–C) groups is 1. The molecule has 0 atom stereocenters. The van der Waals surface area contributed by atoms with Gasteiger partial charge in [0.15, 0.2) is 0 Å². The normalized spacial score (nSPS) is 11.1. The molecule has 2 N–H and O–H groups in total. The Balaban J connectivity index is 1.81. The fourth-order valence-corrected chi connectivity index (χ4v) is 2.60. The van der Waals surface area contributed by atoms with Crippen LogP contribution in [-0.4, -0.2) is 16.9 Å². The van der Waals surface area contributed by atoms with Gasteiger partial charge >= 0.3 is 0 Å². The first kappa shape index (κ1) is 18.3. The third kappa shape index (κ3) is 5.51. The number of carbonyl (C=O) groups excluding carboxylic acids is 1. The lowest BCUT2D eigenvalue weighted by atomic mass is 10.1. The molecule has 27 heavy (non-hydrogen) atoms. The highest BCUT2D eigenvalue weighted by atomic mass is 16.1. The minimum atomic E-state index is -0.205. The summed E-state index contributed by atoms with van der Waals surface area (Å²) >= 11 is 0. The zero-order valence-corrected chi connectivity index (χ0v) is 15.4. The van der Waals surface area contributed by atoms with E-state index in [1.165, 1.54) is 0 Å². The van der Waals surface area contributed by atoms with Gasteiger partial charge in [-0.25, -0.2) is 4.99 Å². The van der Waals surface area contributed by atoms with Crippen LogP contribution in [0.4, 0.5) is 5.69 Å². The number of carbonyl (C=O) groups is 1. The largest absolute Gasteiger partial charge is 0.326 e. The highest BCUT2D eigenvalue weighted by Gasteiger charge is 2.10. The maximum atomic E-state index is 12.6. The Morgan fingerprint density at radius 3 is 2.48 bits per heavy atom. The Kier molecular flexibility index (Phi) is 5.94. The lowest BCUT2D eigenvalue weighted by Crippen LogP contribution is -2.36. The number of nitrogens with one attached hydrogen (secondary N) is 2. The number of rotatable bonds is 4. The number of amides is 1. The third-order valence-electron chi connectivity index (χ3n) is 3.94. The first-order valence-electron chi connectivity index (χ1n) is 8.75. The van der Waals surface area contributed by atoms with Crippen LogP contribution in [0.3, 0.4) is 0 Å². The number of aromatic nitrogens is 1. The molecule has 5 nitrogen and oxygen atoms in total. The Morgan fingerprint density at radius 2 is 1.78 bits per heavy atom. The Morgan fingerprint density at radius 1 is 1.00 bits per heavy atom. The van der Waals surface area contributed by atoms with Crippen molar-refractivity contribution in [3.05, 3.63) is 95.3 Å².